The van der Waals surface area contributed by atoms with Crippen molar-refractivity contribution in [1.29, 1.82) is 0 Å². The summed E-state index contributed by atoms with van der Waals surface area (Å²) in [6.45, 7) is 6.17. The Morgan fingerprint density at radius 3 is 2.65 bits per heavy atom. The number of hydrogen-bond donors (Lipinski definition) is 2. The summed E-state index contributed by atoms with van der Waals surface area (Å²) in [6, 6.07) is 11.8. The number of carbonyl (C=O) groups is 2. The molecule has 1 fully saturated rings. The number of thiocarbonyl (C=S) groups is 1. The molecule has 2 amide bonds. The van der Waals surface area contributed by atoms with Crippen molar-refractivity contribution in [1.82, 2.24) is 9.88 Å². The Kier molecular flexibility index (Phi) is 5.37. The van der Waals surface area contributed by atoms with Crippen LogP contribution in [0, 0.1) is 13.8 Å². The fourth-order valence-corrected chi connectivity index (χ4v) is 4.25. The van der Waals surface area contributed by atoms with Gasteiger partial charge in [0.25, 0.3) is 5.91 Å². The zero-order valence-electron chi connectivity index (χ0n) is 17.7. The number of aromatic nitrogens is 1. The molecule has 0 atom stereocenters. The molecule has 1 aromatic heterocycles. The van der Waals surface area contributed by atoms with Gasteiger partial charge in [0, 0.05) is 17.1 Å². The van der Waals surface area contributed by atoms with Gasteiger partial charge in [0.05, 0.1) is 11.2 Å². The van der Waals surface area contributed by atoms with Crippen molar-refractivity contribution in [2.24, 2.45) is 5.73 Å². The number of anilines is 1. The SMILES string of the molecule is CCc1cccc2c(/C=C3\NC(=S)N(c4ccc(C)c(C)c4)C3=O)cn(CC(N)=O)c12. The second-order valence-electron chi connectivity index (χ2n) is 7.74. The molecule has 31 heavy (non-hydrogen) atoms. The van der Waals surface area contributed by atoms with Crippen LogP contribution in [0.3, 0.4) is 0 Å². The molecule has 4 rings (SSSR count). The molecule has 2 aromatic carbocycles. The topological polar surface area (TPSA) is 80.4 Å². The van der Waals surface area contributed by atoms with Crippen molar-refractivity contribution in [3.05, 3.63) is 70.5 Å². The minimum absolute atomic E-state index is 0.0746. The number of para-hydroxylation sites is 1. The number of amides is 2. The van der Waals surface area contributed by atoms with Gasteiger partial charge in [-0.2, -0.15) is 0 Å². The van der Waals surface area contributed by atoms with Crippen molar-refractivity contribution in [2.45, 2.75) is 33.7 Å². The van der Waals surface area contributed by atoms with Crippen LogP contribution in [0.15, 0.2) is 48.3 Å². The van der Waals surface area contributed by atoms with Crippen LogP contribution in [0.1, 0.15) is 29.2 Å². The molecule has 0 unspecified atom stereocenters. The molecule has 0 radical (unpaired) electrons. The third kappa shape index (κ3) is 3.72. The zero-order chi connectivity index (χ0) is 22.3. The van der Waals surface area contributed by atoms with Crippen molar-refractivity contribution in [3.8, 4) is 0 Å². The second kappa shape index (κ2) is 8.00. The predicted molar refractivity (Wildman–Crippen MR) is 128 cm³/mol. The van der Waals surface area contributed by atoms with E-state index in [1.807, 2.05) is 61.0 Å². The highest BCUT2D eigenvalue weighted by molar-refractivity contribution is 7.80. The lowest BCUT2D eigenvalue weighted by Gasteiger charge is -2.15. The van der Waals surface area contributed by atoms with Crippen LogP contribution in [0.25, 0.3) is 17.0 Å². The molecule has 7 heteroatoms. The second-order valence-corrected chi connectivity index (χ2v) is 8.13. The van der Waals surface area contributed by atoms with Crippen LogP contribution in [0.2, 0.25) is 0 Å². The van der Waals surface area contributed by atoms with Crippen LogP contribution in [-0.4, -0.2) is 21.5 Å². The normalized spacial score (nSPS) is 15.2. The quantitative estimate of drug-likeness (QED) is 0.477. The molecule has 3 N–H and O–H groups in total. The van der Waals surface area contributed by atoms with Crippen LogP contribution >= 0.6 is 12.2 Å². The Balaban J connectivity index is 1.78. The van der Waals surface area contributed by atoms with Gasteiger partial charge in [-0.1, -0.05) is 31.2 Å². The van der Waals surface area contributed by atoms with E-state index in [4.69, 9.17) is 18.0 Å². The molecule has 6 nitrogen and oxygen atoms in total. The average Bonchev–Trinajstić information content (AvgIpc) is 3.20. The summed E-state index contributed by atoms with van der Waals surface area (Å²) in [5, 5.41) is 4.35. The Morgan fingerprint density at radius 1 is 1.19 bits per heavy atom. The Bertz CT molecular complexity index is 1270. The van der Waals surface area contributed by atoms with E-state index in [0.29, 0.717) is 10.8 Å². The molecule has 158 valence electrons. The first kappa shape index (κ1) is 20.8. The number of carbonyl (C=O) groups excluding carboxylic acids is 2. The van der Waals surface area contributed by atoms with E-state index in [9.17, 15) is 9.59 Å². The van der Waals surface area contributed by atoms with Crippen molar-refractivity contribution >= 4 is 51.8 Å². The van der Waals surface area contributed by atoms with Gasteiger partial charge in [0.1, 0.15) is 12.2 Å². The van der Waals surface area contributed by atoms with Gasteiger partial charge in [0.15, 0.2) is 5.11 Å². The average molecular weight is 433 g/mol. The summed E-state index contributed by atoms with van der Waals surface area (Å²) in [4.78, 5) is 26.3. The molecule has 1 aliphatic heterocycles. The van der Waals surface area contributed by atoms with E-state index in [0.717, 1.165) is 45.3 Å². The van der Waals surface area contributed by atoms with E-state index >= 15 is 0 Å². The number of aryl methyl sites for hydroxylation is 3. The Labute approximate surface area is 186 Å². The molecular weight excluding hydrogens is 408 g/mol. The summed E-state index contributed by atoms with van der Waals surface area (Å²) in [5.41, 5.74) is 11.7. The first-order valence-electron chi connectivity index (χ1n) is 10.1. The monoisotopic (exact) mass is 432 g/mol. The summed E-state index contributed by atoms with van der Waals surface area (Å²) >= 11 is 5.45. The third-order valence-electron chi connectivity index (χ3n) is 5.65. The molecule has 1 saturated heterocycles. The molecule has 3 aromatic rings. The van der Waals surface area contributed by atoms with Crippen molar-refractivity contribution in [3.63, 3.8) is 0 Å². The third-order valence-corrected chi connectivity index (χ3v) is 5.93. The molecule has 0 aliphatic carbocycles. The van der Waals surface area contributed by atoms with Crippen LogP contribution in [-0.2, 0) is 22.6 Å². The lowest BCUT2D eigenvalue weighted by atomic mass is 10.1. The molecule has 0 bridgehead atoms. The van der Waals surface area contributed by atoms with Gasteiger partial charge >= 0.3 is 0 Å². The zero-order valence-corrected chi connectivity index (χ0v) is 18.5. The van der Waals surface area contributed by atoms with Gasteiger partial charge in [0.2, 0.25) is 5.91 Å². The fourth-order valence-electron chi connectivity index (χ4n) is 3.95. The van der Waals surface area contributed by atoms with E-state index in [2.05, 4.69) is 12.2 Å². The van der Waals surface area contributed by atoms with Gasteiger partial charge in [-0.15, -0.1) is 0 Å². The summed E-state index contributed by atoms with van der Waals surface area (Å²) in [5.74, 6) is -0.630. The van der Waals surface area contributed by atoms with Gasteiger partial charge < -0.3 is 15.6 Å². The standard InChI is InChI=1S/C24H24N4O2S/c1-4-16-6-5-7-19-17(12-27(22(16)19)13-21(25)29)11-20-23(30)28(24(31)26-20)18-9-8-14(2)15(3)10-18/h5-12H,4,13H2,1-3H3,(H2,25,29)(H,26,31)/b20-11-. The van der Waals surface area contributed by atoms with Crippen LogP contribution < -0.4 is 16.0 Å². The smallest absolute Gasteiger partial charge is 0.281 e. The maximum Gasteiger partial charge on any atom is 0.281 e. The van der Waals surface area contributed by atoms with Crippen LogP contribution in [0.4, 0.5) is 5.69 Å². The number of fused-ring (bicyclic) bond motifs is 1. The minimum Gasteiger partial charge on any atom is -0.368 e. The number of benzene rings is 2. The fraction of sp³-hybridized carbons (Fsp3) is 0.208. The molecule has 0 saturated carbocycles. The van der Waals surface area contributed by atoms with Crippen molar-refractivity contribution in [2.75, 3.05) is 4.90 Å². The number of nitrogens with one attached hydrogen (secondary N) is 1. The molecule has 1 aliphatic rings. The van der Waals surface area contributed by atoms with Gasteiger partial charge in [-0.3, -0.25) is 14.5 Å². The van der Waals surface area contributed by atoms with Crippen molar-refractivity contribution < 1.29 is 9.59 Å². The van der Waals surface area contributed by atoms with E-state index in [-0.39, 0.29) is 12.5 Å². The highest BCUT2D eigenvalue weighted by Gasteiger charge is 2.32. The van der Waals surface area contributed by atoms with E-state index in [1.165, 1.54) is 4.90 Å². The first-order valence-corrected chi connectivity index (χ1v) is 10.5. The highest BCUT2D eigenvalue weighted by atomic mass is 32.1. The number of nitrogens with zero attached hydrogens (tertiary/aromatic N) is 2. The lowest BCUT2D eigenvalue weighted by Crippen LogP contribution is -2.30. The molecule has 2 heterocycles. The van der Waals surface area contributed by atoms with E-state index < -0.39 is 5.91 Å². The number of nitrogens with two attached hydrogens (primary N) is 1. The number of primary amides is 1. The molecule has 0 spiro atoms. The number of rotatable bonds is 5. The summed E-state index contributed by atoms with van der Waals surface area (Å²) in [6.07, 6.45) is 4.46. The van der Waals surface area contributed by atoms with Gasteiger partial charge in [-0.05, 0) is 67.4 Å². The first-order chi connectivity index (χ1) is 14.8. The summed E-state index contributed by atoms with van der Waals surface area (Å²) in [7, 11) is 0. The number of hydrogen-bond acceptors (Lipinski definition) is 3. The largest absolute Gasteiger partial charge is 0.368 e. The lowest BCUT2D eigenvalue weighted by molar-refractivity contribution is -0.118. The van der Waals surface area contributed by atoms with Crippen LogP contribution in [0.5, 0.6) is 0 Å². The summed E-state index contributed by atoms with van der Waals surface area (Å²) < 4.78 is 1.85. The maximum atomic E-state index is 13.2. The molecular formula is C24H24N4O2S. The Morgan fingerprint density at radius 2 is 1.97 bits per heavy atom. The highest BCUT2D eigenvalue weighted by Crippen LogP contribution is 2.29. The van der Waals surface area contributed by atoms with Gasteiger partial charge in [-0.25, -0.2) is 0 Å². The maximum absolute atomic E-state index is 13.2. The minimum atomic E-state index is -0.417. The van der Waals surface area contributed by atoms with E-state index in [1.54, 1.807) is 6.08 Å². The predicted octanol–water partition coefficient (Wildman–Crippen LogP) is 3.57. The Hall–Kier alpha value is -3.45.